The Hall–Kier alpha value is -0.560. The van der Waals surface area contributed by atoms with E-state index in [4.69, 9.17) is 0 Å². The molecule has 0 spiro atoms. The molecule has 0 fully saturated rings. The molecule has 1 aliphatic rings. The van der Waals surface area contributed by atoms with E-state index in [0.717, 1.165) is 12.8 Å². The summed E-state index contributed by atoms with van der Waals surface area (Å²) in [6, 6.07) is 0. The summed E-state index contributed by atoms with van der Waals surface area (Å²) < 4.78 is 0. The van der Waals surface area contributed by atoms with Gasteiger partial charge in [-0.1, -0.05) is 31.6 Å². The molecule has 0 radical (unpaired) electrons. The molecule has 1 rings (SSSR count). The molecule has 0 amide bonds. The van der Waals surface area contributed by atoms with Crippen molar-refractivity contribution in [2.24, 2.45) is 5.41 Å². The number of rotatable bonds is 1. The van der Waals surface area contributed by atoms with Crippen LogP contribution in [-0.2, 0) is 0 Å². The first-order valence-corrected chi connectivity index (χ1v) is 4.98. The SMILES string of the molecule is C/C=C/C1=C(C)CC(O)CC1(C)C. The average Bonchev–Trinajstić information content (AvgIpc) is 1.95. The number of hydrogen-bond acceptors (Lipinski definition) is 1. The highest BCUT2D eigenvalue weighted by Gasteiger charge is 2.31. The number of aliphatic hydroxyl groups is 1. The van der Waals surface area contributed by atoms with Gasteiger partial charge >= 0.3 is 0 Å². The van der Waals surface area contributed by atoms with Crippen molar-refractivity contribution < 1.29 is 5.11 Å². The van der Waals surface area contributed by atoms with Crippen LogP contribution in [0.5, 0.6) is 0 Å². The van der Waals surface area contributed by atoms with Crippen LogP contribution >= 0.6 is 0 Å². The van der Waals surface area contributed by atoms with E-state index in [9.17, 15) is 5.11 Å². The van der Waals surface area contributed by atoms with Crippen LogP contribution in [0.3, 0.4) is 0 Å². The third-order valence-electron chi connectivity index (χ3n) is 2.81. The molecular formula is C12H20O. The molecule has 0 aromatic rings. The number of hydrogen-bond donors (Lipinski definition) is 1. The highest BCUT2D eigenvalue weighted by Crippen LogP contribution is 2.40. The maximum absolute atomic E-state index is 9.64. The Labute approximate surface area is 81.2 Å². The van der Waals surface area contributed by atoms with Gasteiger partial charge in [0.05, 0.1) is 6.10 Å². The van der Waals surface area contributed by atoms with Crippen LogP contribution in [0.1, 0.15) is 40.5 Å². The maximum atomic E-state index is 9.64. The van der Waals surface area contributed by atoms with Gasteiger partial charge in [0.2, 0.25) is 0 Å². The van der Waals surface area contributed by atoms with Crippen LogP contribution in [0, 0.1) is 5.41 Å². The Morgan fingerprint density at radius 3 is 2.54 bits per heavy atom. The van der Waals surface area contributed by atoms with Crippen LogP contribution in [0.2, 0.25) is 0 Å². The zero-order valence-electron chi connectivity index (χ0n) is 9.09. The Morgan fingerprint density at radius 1 is 1.46 bits per heavy atom. The molecule has 1 nitrogen and oxygen atoms in total. The Kier molecular flexibility index (Phi) is 2.97. The molecule has 74 valence electrons. The van der Waals surface area contributed by atoms with E-state index in [1.807, 2.05) is 6.92 Å². The molecule has 13 heavy (non-hydrogen) atoms. The fourth-order valence-electron chi connectivity index (χ4n) is 2.35. The largest absolute Gasteiger partial charge is 0.393 e. The Bertz CT molecular complexity index is 246. The first kappa shape index (κ1) is 10.5. The lowest BCUT2D eigenvalue weighted by Crippen LogP contribution is -2.28. The van der Waals surface area contributed by atoms with Crippen LogP contribution in [0.15, 0.2) is 23.3 Å². The highest BCUT2D eigenvalue weighted by molar-refractivity contribution is 5.33. The van der Waals surface area contributed by atoms with Gasteiger partial charge in [-0.05, 0) is 37.7 Å². The third kappa shape index (κ3) is 2.22. The van der Waals surface area contributed by atoms with Crippen molar-refractivity contribution >= 4 is 0 Å². The molecule has 0 bridgehead atoms. The molecular weight excluding hydrogens is 160 g/mol. The van der Waals surface area contributed by atoms with E-state index in [0.29, 0.717) is 0 Å². The van der Waals surface area contributed by atoms with Crippen molar-refractivity contribution in [3.05, 3.63) is 23.3 Å². The third-order valence-corrected chi connectivity index (χ3v) is 2.81. The standard InChI is InChI=1S/C12H20O/c1-5-6-11-9(2)7-10(13)8-12(11,3)4/h5-6,10,13H,7-8H2,1-4H3/b6-5+. The van der Waals surface area contributed by atoms with E-state index in [1.165, 1.54) is 11.1 Å². The predicted octanol–water partition coefficient (Wildman–Crippen LogP) is 3.06. The van der Waals surface area contributed by atoms with Crippen LogP contribution in [0.4, 0.5) is 0 Å². The Balaban J connectivity index is 3.03. The van der Waals surface area contributed by atoms with Gasteiger partial charge in [0, 0.05) is 0 Å². The quantitative estimate of drug-likeness (QED) is 0.657. The monoisotopic (exact) mass is 180 g/mol. The van der Waals surface area contributed by atoms with Crippen LogP contribution in [-0.4, -0.2) is 11.2 Å². The summed E-state index contributed by atoms with van der Waals surface area (Å²) in [5.41, 5.74) is 2.87. The zero-order valence-corrected chi connectivity index (χ0v) is 9.09. The second-order valence-corrected chi connectivity index (χ2v) is 4.64. The summed E-state index contributed by atoms with van der Waals surface area (Å²) in [5.74, 6) is 0. The minimum Gasteiger partial charge on any atom is -0.393 e. The lowest BCUT2D eigenvalue weighted by Gasteiger charge is -2.35. The summed E-state index contributed by atoms with van der Waals surface area (Å²) in [4.78, 5) is 0. The average molecular weight is 180 g/mol. The first-order chi connectivity index (χ1) is 5.97. The normalized spacial score (nSPS) is 28.5. The summed E-state index contributed by atoms with van der Waals surface area (Å²) in [6.45, 7) is 8.57. The van der Waals surface area contributed by atoms with E-state index >= 15 is 0 Å². The molecule has 1 aliphatic carbocycles. The minimum absolute atomic E-state index is 0.133. The van der Waals surface area contributed by atoms with Crippen LogP contribution in [0.25, 0.3) is 0 Å². The van der Waals surface area contributed by atoms with E-state index < -0.39 is 0 Å². The van der Waals surface area contributed by atoms with Gasteiger partial charge in [0.25, 0.3) is 0 Å². The molecule has 1 N–H and O–H groups in total. The second kappa shape index (κ2) is 3.67. The van der Waals surface area contributed by atoms with Crippen molar-refractivity contribution in [1.82, 2.24) is 0 Å². The molecule has 1 unspecified atom stereocenters. The topological polar surface area (TPSA) is 20.2 Å². The van der Waals surface area contributed by atoms with Crippen molar-refractivity contribution in [1.29, 1.82) is 0 Å². The van der Waals surface area contributed by atoms with Gasteiger partial charge in [-0.15, -0.1) is 0 Å². The van der Waals surface area contributed by atoms with Gasteiger partial charge < -0.3 is 5.11 Å². The predicted molar refractivity (Wildman–Crippen MR) is 56.5 cm³/mol. The number of aliphatic hydroxyl groups excluding tert-OH is 1. The first-order valence-electron chi connectivity index (χ1n) is 4.98. The molecule has 1 heteroatoms. The van der Waals surface area contributed by atoms with Crippen molar-refractivity contribution in [2.75, 3.05) is 0 Å². The van der Waals surface area contributed by atoms with Crippen molar-refractivity contribution in [3.8, 4) is 0 Å². The molecule has 0 saturated heterocycles. The van der Waals surface area contributed by atoms with Crippen molar-refractivity contribution in [3.63, 3.8) is 0 Å². The summed E-state index contributed by atoms with van der Waals surface area (Å²) in [5, 5.41) is 9.64. The summed E-state index contributed by atoms with van der Waals surface area (Å²) >= 11 is 0. The molecule has 1 atom stereocenters. The van der Waals surface area contributed by atoms with E-state index in [1.54, 1.807) is 0 Å². The lowest BCUT2D eigenvalue weighted by atomic mass is 9.71. The number of allylic oxidation sites excluding steroid dienone is 3. The molecule has 0 aromatic heterocycles. The second-order valence-electron chi connectivity index (χ2n) is 4.64. The summed E-state index contributed by atoms with van der Waals surface area (Å²) in [7, 11) is 0. The Morgan fingerprint density at radius 2 is 2.08 bits per heavy atom. The molecule has 0 saturated carbocycles. The fourth-order valence-corrected chi connectivity index (χ4v) is 2.35. The van der Waals surface area contributed by atoms with Gasteiger partial charge in [-0.2, -0.15) is 0 Å². The molecule has 0 aromatic carbocycles. The van der Waals surface area contributed by atoms with Gasteiger partial charge in [0.1, 0.15) is 0 Å². The highest BCUT2D eigenvalue weighted by atomic mass is 16.3. The van der Waals surface area contributed by atoms with E-state index in [-0.39, 0.29) is 11.5 Å². The van der Waals surface area contributed by atoms with Crippen LogP contribution < -0.4 is 0 Å². The van der Waals surface area contributed by atoms with Gasteiger partial charge in [-0.25, -0.2) is 0 Å². The molecule has 0 aliphatic heterocycles. The fraction of sp³-hybridized carbons (Fsp3) is 0.667. The molecule has 0 heterocycles. The lowest BCUT2D eigenvalue weighted by molar-refractivity contribution is 0.116. The van der Waals surface area contributed by atoms with Gasteiger partial charge in [-0.3, -0.25) is 0 Å². The smallest absolute Gasteiger partial charge is 0.0585 e. The van der Waals surface area contributed by atoms with E-state index in [2.05, 4.69) is 32.9 Å². The zero-order chi connectivity index (χ0) is 10.1. The van der Waals surface area contributed by atoms with Crippen molar-refractivity contribution in [2.45, 2.75) is 46.6 Å². The minimum atomic E-state index is -0.149. The van der Waals surface area contributed by atoms with Gasteiger partial charge in [0.15, 0.2) is 0 Å². The maximum Gasteiger partial charge on any atom is 0.0585 e. The summed E-state index contributed by atoms with van der Waals surface area (Å²) in [6.07, 6.45) is 5.83.